The van der Waals surface area contributed by atoms with Gasteiger partial charge >= 0.3 is 0 Å². The summed E-state index contributed by atoms with van der Waals surface area (Å²) in [5, 5.41) is 14.8. The highest BCUT2D eigenvalue weighted by atomic mass is 16.6. The summed E-state index contributed by atoms with van der Waals surface area (Å²) in [6, 6.07) is 11.6. The predicted molar refractivity (Wildman–Crippen MR) is 84.1 cm³/mol. The molecule has 0 aliphatic carbocycles. The van der Waals surface area contributed by atoms with Gasteiger partial charge < -0.3 is 0 Å². The number of nitro benzene ring substituents is 1. The van der Waals surface area contributed by atoms with Gasteiger partial charge in [0.25, 0.3) is 11.6 Å². The molecule has 2 aromatic rings. The number of nitrogens with zero attached hydrogens (tertiary/aromatic N) is 2. The van der Waals surface area contributed by atoms with Gasteiger partial charge in [-0.3, -0.25) is 14.9 Å². The molecule has 22 heavy (non-hydrogen) atoms. The summed E-state index contributed by atoms with van der Waals surface area (Å²) in [7, 11) is 0. The Morgan fingerprint density at radius 2 is 1.95 bits per heavy atom. The van der Waals surface area contributed by atoms with Gasteiger partial charge in [0.2, 0.25) is 0 Å². The van der Waals surface area contributed by atoms with Crippen molar-refractivity contribution in [2.24, 2.45) is 5.10 Å². The lowest BCUT2D eigenvalue weighted by Gasteiger charge is -2.03. The Balaban J connectivity index is 2.15. The molecule has 0 saturated carbocycles. The molecule has 2 aromatic carbocycles. The molecule has 0 aromatic heterocycles. The van der Waals surface area contributed by atoms with E-state index < -0.39 is 10.8 Å². The van der Waals surface area contributed by atoms with E-state index in [9.17, 15) is 14.9 Å². The molecule has 0 atom stereocenters. The van der Waals surface area contributed by atoms with Gasteiger partial charge in [-0.2, -0.15) is 5.10 Å². The highest BCUT2D eigenvalue weighted by Crippen LogP contribution is 2.17. The van der Waals surface area contributed by atoms with Crippen molar-refractivity contribution in [2.75, 3.05) is 0 Å². The molecule has 1 amide bonds. The van der Waals surface area contributed by atoms with Crippen molar-refractivity contribution in [3.63, 3.8) is 0 Å². The fraction of sp³-hybridized carbons (Fsp3) is 0.125. The number of amides is 1. The van der Waals surface area contributed by atoms with Gasteiger partial charge in [0.15, 0.2) is 0 Å². The summed E-state index contributed by atoms with van der Waals surface area (Å²) in [5.41, 5.74) is 5.03. The number of carbonyl (C=O) groups is 1. The molecule has 0 bridgehead atoms. The molecule has 0 heterocycles. The Labute approximate surface area is 127 Å². The minimum atomic E-state index is -0.617. The second kappa shape index (κ2) is 6.62. The van der Waals surface area contributed by atoms with Crippen molar-refractivity contribution in [1.29, 1.82) is 0 Å². The summed E-state index contributed by atoms with van der Waals surface area (Å²) < 4.78 is 0. The zero-order valence-corrected chi connectivity index (χ0v) is 12.2. The van der Waals surface area contributed by atoms with Crippen LogP contribution in [-0.2, 0) is 0 Å². The Kier molecular flexibility index (Phi) is 4.63. The molecule has 0 radical (unpaired) electrons. The first-order chi connectivity index (χ1) is 10.5. The highest BCUT2D eigenvalue weighted by molar-refractivity contribution is 5.98. The minimum absolute atomic E-state index is 0.0226. The first kappa shape index (κ1) is 15.4. The SMILES string of the molecule is Cc1ccc(C)c(/C=N/NC(=O)c2ccccc2[N+](=O)[O-])c1. The fourth-order valence-electron chi connectivity index (χ4n) is 1.94. The number of rotatable bonds is 4. The molecule has 2 rings (SSSR count). The molecule has 112 valence electrons. The quantitative estimate of drug-likeness (QED) is 0.535. The monoisotopic (exact) mass is 297 g/mol. The molecule has 6 nitrogen and oxygen atoms in total. The summed E-state index contributed by atoms with van der Waals surface area (Å²) in [4.78, 5) is 22.3. The van der Waals surface area contributed by atoms with Gasteiger partial charge in [-0.25, -0.2) is 5.43 Å². The Hall–Kier alpha value is -3.02. The van der Waals surface area contributed by atoms with Gasteiger partial charge in [-0.1, -0.05) is 35.9 Å². The molecule has 0 fully saturated rings. The average molecular weight is 297 g/mol. The van der Waals surface area contributed by atoms with Crippen molar-refractivity contribution in [3.05, 3.63) is 74.8 Å². The van der Waals surface area contributed by atoms with Crippen LogP contribution in [0.25, 0.3) is 0 Å². The van der Waals surface area contributed by atoms with E-state index in [0.717, 1.165) is 16.7 Å². The number of benzene rings is 2. The van der Waals surface area contributed by atoms with E-state index in [1.54, 1.807) is 6.07 Å². The van der Waals surface area contributed by atoms with E-state index in [1.807, 2.05) is 32.0 Å². The molecule has 6 heteroatoms. The van der Waals surface area contributed by atoms with Crippen LogP contribution in [0.3, 0.4) is 0 Å². The number of aryl methyl sites for hydroxylation is 2. The van der Waals surface area contributed by atoms with Gasteiger partial charge in [-0.15, -0.1) is 0 Å². The summed E-state index contributed by atoms with van der Waals surface area (Å²) in [6.07, 6.45) is 1.52. The van der Waals surface area contributed by atoms with E-state index >= 15 is 0 Å². The first-order valence-corrected chi connectivity index (χ1v) is 6.63. The summed E-state index contributed by atoms with van der Waals surface area (Å²) in [5.74, 6) is -0.617. The number of carbonyl (C=O) groups excluding carboxylic acids is 1. The van der Waals surface area contributed by atoms with Crippen molar-refractivity contribution in [2.45, 2.75) is 13.8 Å². The number of hydrazone groups is 1. The summed E-state index contributed by atoms with van der Waals surface area (Å²) >= 11 is 0. The van der Waals surface area contributed by atoms with Crippen LogP contribution in [0.5, 0.6) is 0 Å². The first-order valence-electron chi connectivity index (χ1n) is 6.63. The second-order valence-electron chi connectivity index (χ2n) is 4.83. The van der Waals surface area contributed by atoms with Gasteiger partial charge in [-0.05, 0) is 31.0 Å². The molecular formula is C16H15N3O3. The van der Waals surface area contributed by atoms with E-state index in [0.29, 0.717) is 0 Å². The number of para-hydroxylation sites is 1. The normalized spacial score (nSPS) is 10.6. The maximum atomic E-state index is 12.0. The van der Waals surface area contributed by atoms with Crippen LogP contribution in [0.2, 0.25) is 0 Å². The maximum Gasteiger partial charge on any atom is 0.282 e. The van der Waals surface area contributed by atoms with Crippen molar-refractivity contribution >= 4 is 17.8 Å². The zero-order valence-electron chi connectivity index (χ0n) is 12.2. The van der Waals surface area contributed by atoms with Gasteiger partial charge in [0.1, 0.15) is 5.56 Å². The Morgan fingerprint density at radius 3 is 2.68 bits per heavy atom. The molecule has 0 spiro atoms. The fourth-order valence-corrected chi connectivity index (χ4v) is 1.94. The molecular weight excluding hydrogens is 282 g/mol. The van der Waals surface area contributed by atoms with Crippen LogP contribution in [0.4, 0.5) is 5.69 Å². The van der Waals surface area contributed by atoms with Gasteiger partial charge in [0, 0.05) is 6.07 Å². The van der Waals surface area contributed by atoms with Crippen LogP contribution in [0, 0.1) is 24.0 Å². The van der Waals surface area contributed by atoms with Crippen LogP contribution >= 0.6 is 0 Å². The number of hydrogen-bond donors (Lipinski definition) is 1. The van der Waals surface area contributed by atoms with Crippen molar-refractivity contribution in [1.82, 2.24) is 5.43 Å². The lowest BCUT2D eigenvalue weighted by atomic mass is 10.1. The third-order valence-corrected chi connectivity index (χ3v) is 3.15. The Morgan fingerprint density at radius 1 is 1.23 bits per heavy atom. The molecule has 0 aliphatic rings. The molecule has 0 saturated heterocycles. The lowest BCUT2D eigenvalue weighted by Crippen LogP contribution is -2.19. The van der Waals surface area contributed by atoms with Gasteiger partial charge in [0.05, 0.1) is 11.1 Å². The van der Waals surface area contributed by atoms with E-state index in [-0.39, 0.29) is 11.3 Å². The van der Waals surface area contributed by atoms with Crippen LogP contribution in [0.1, 0.15) is 27.0 Å². The van der Waals surface area contributed by atoms with Crippen LogP contribution < -0.4 is 5.43 Å². The number of nitrogens with one attached hydrogen (secondary N) is 1. The molecule has 1 N–H and O–H groups in total. The largest absolute Gasteiger partial charge is 0.282 e. The maximum absolute atomic E-state index is 12.0. The second-order valence-corrected chi connectivity index (χ2v) is 4.83. The van der Waals surface area contributed by atoms with E-state index in [4.69, 9.17) is 0 Å². The molecule has 0 aliphatic heterocycles. The van der Waals surface area contributed by atoms with Crippen LogP contribution in [0.15, 0.2) is 47.6 Å². The number of hydrogen-bond acceptors (Lipinski definition) is 4. The third kappa shape index (κ3) is 3.54. The summed E-state index contributed by atoms with van der Waals surface area (Å²) in [6.45, 7) is 3.90. The Bertz CT molecular complexity index is 754. The lowest BCUT2D eigenvalue weighted by molar-refractivity contribution is -0.385. The minimum Gasteiger partial charge on any atom is -0.267 e. The molecule has 0 unspecified atom stereocenters. The smallest absolute Gasteiger partial charge is 0.267 e. The van der Waals surface area contributed by atoms with Crippen molar-refractivity contribution in [3.8, 4) is 0 Å². The third-order valence-electron chi connectivity index (χ3n) is 3.15. The highest BCUT2D eigenvalue weighted by Gasteiger charge is 2.18. The predicted octanol–water partition coefficient (Wildman–Crippen LogP) is 2.98. The topological polar surface area (TPSA) is 84.6 Å². The standard InChI is InChI=1S/C16H15N3O3/c1-11-7-8-12(2)13(9-11)10-17-18-16(20)14-5-3-4-6-15(14)19(21)22/h3-10H,1-2H3,(H,18,20)/b17-10+. The van der Waals surface area contributed by atoms with E-state index in [2.05, 4.69) is 10.5 Å². The van der Waals surface area contributed by atoms with E-state index in [1.165, 1.54) is 24.4 Å². The average Bonchev–Trinajstić information content (AvgIpc) is 2.50. The zero-order chi connectivity index (χ0) is 16.1. The van der Waals surface area contributed by atoms with Crippen LogP contribution in [-0.4, -0.2) is 17.0 Å². The number of nitro groups is 1. The van der Waals surface area contributed by atoms with Crippen molar-refractivity contribution < 1.29 is 9.72 Å².